The first kappa shape index (κ1) is 26.3. The molecule has 0 bridgehead atoms. The van der Waals surface area contributed by atoms with Crippen LogP contribution in [0.5, 0.6) is 5.75 Å². The number of aromatic amines is 1. The zero-order valence-electron chi connectivity index (χ0n) is 20.7. The van der Waals surface area contributed by atoms with Gasteiger partial charge in [0.1, 0.15) is 12.3 Å². The van der Waals surface area contributed by atoms with Crippen LogP contribution in [-0.4, -0.2) is 67.5 Å². The summed E-state index contributed by atoms with van der Waals surface area (Å²) < 4.78 is 12.1. The second-order valence-electron chi connectivity index (χ2n) is 8.54. The number of fused-ring (bicyclic) bond motifs is 1. The molecule has 2 aromatic heterocycles. The minimum absolute atomic E-state index is 0.000869. The van der Waals surface area contributed by atoms with E-state index in [4.69, 9.17) is 9.47 Å². The monoisotopic (exact) mass is 486 g/mol. The molecular weight excluding hydrogens is 452 g/mol. The Morgan fingerprint density at radius 3 is 2.71 bits per heavy atom. The lowest BCUT2D eigenvalue weighted by molar-refractivity contribution is -0.144. The zero-order chi connectivity index (χ0) is 25.4. The summed E-state index contributed by atoms with van der Waals surface area (Å²) in [5.41, 5.74) is 1.10. The van der Waals surface area contributed by atoms with Gasteiger partial charge in [0.25, 0.3) is 5.56 Å². The highest BCUT2D eigenvalue weighted by molar-refractivity contribution is 5.80. The van der Waals surface area contributed by atoms with Gasteiger partial charge in [-0.15, -0.1) is 5.10 Å². The van der Waals surface area contributed by atoms with E-state index in [-0.39, 0.29) is 37.3 Å². The average Bonchev–Trinajstić information content (AvgIpc) is 3.25. The molecule has 0 spiro atoms. The van der Waals surface area contributed by atoms with Crippen LogP contribution in [0.1, 0.15) is 51.5 Å². The molecule has 1 aromatic carbocycles. The van der Waals surface area contributed by atoms with Crippen LogP contribution in [0.15, 0.2) is 29.1 Å². The van der Waals surface area contributed by atoms with Crippen LogP contribution < -0.4 is 10.3 Å². The maximum Gasteiger partial charge on any atom is 0.327 e. The molecule has 0 fully saturated rings. The van der Waals surface area contributed by atoms with Crippen molar-refractivity contribution in [3.05, 3.63) is 46.0 Å². The third kappa shape index (κ3) is 6.64. The van der Waals surface area contributed by atoms with Crippen LogP contribution in [0, 0.1) is 5.92 Å². The van der Waals surface area contributed by atoms with Crippen LogP contribution in [0.3, 0.4) is 0 Å². The molecule has 3 rings (SSSR count). The molecule has 190 valence electrons. The summed E-state index contributed by atoms with van der Waals surface area (Å²) in [4.78, 5) is 30.1. The normalized spacial score (nSPS) is 12.4. The SMILES string of the molecule is CCOC(=O)Cn1nnnc1[C@@H](C(C)C)N(CCCO)Cc1cc2cc(OCC)ccc2[nH]c1=O. The second-order valence-corrected chi connectivity index (χ2v) is 8.54. The Bertz CT molecular complexity index is 1170. The fourth-order valence-electron chi connectivity index (χ4n) is 4.16. The van der Waals surface area contributed by atoms with Crippen molar-refractivity contribution in [3.63, 3.8) is 0 Å². The highest BCUT2D eigenvalue weighted by Crippen LogP contribution is 2.29. The molecular formula is C24H34N6O5. The molecule has 0 aliphatic rings. The number of nitrogens with zero attached hydrogens (tertiary/aromatic N) is 5. The fraction of sp³-hybridized carbons (Fsp3) is 0.542. The van der Waals surface area contributed by atoms with Crippen LogP contribution in [0.4, 0.5) is 0 Å². The minimum atomic E-state index is -0.429. The molecule has 1 atom stereocenters. The van der Waals surface area contributed by atoms with Crippen molar-refractivity contribution in [1.29, 1.82) is 0 Å². The van der Waals surface area contributed by atoms with Gasteiger partial charge >= 0.3 is 5.97 Å². The van der Waals surface area contributed by atoms with E-state index in [1.54, 1.807) is 6.92 Å². The Hall–Kier alpha value is -3.31. The lowest BCUT2D eigenvalue weighted by Crippen LogP contribution is -2.37. The van der Waals surface area contributed by atoms with E-state index in [1.807, 2.05) is 45.0 Å². The molecule has 2 N–H and O–H groups in total. The molecule has 2 heterocycles. The number of esters is 1. The molecule has 0 amide bonds. The number of hydrogen-bond donors (Lipinski definition) is 2. The number of rotatable bonds is 13. The summed E-state index contributed by atoms with van der Waals surface area (Å²) in [5, 5.41) is 22.4. The van der Waals surface area contributed by atoms with Crippen molar-refractivity contribution in [2.24, 2.45) is 5.92 Å². The van der Waals surface area contributed by atoms with Crippen molar-refractivity contribution in [3.8, 4) is 5.75 Å². The number of pyridine rings is 1. The molecule has 11 heteroatoms. The zero-order valence-corrected chi connectivity index (χ0v) is 20.7. The number of ether oxygens (including phenoxy) is 2. The van der Waals surface area contributed by atoms with Crippen LogP contribution >= 0.6 is 0 Å². The summed E-state index contributed by atoms with van der Waals surface area (Å²) in [5.74, 6) is 0.849. The number of carbonyl (C=O) groups is 1. The third-order valence-corrected chi connectivity index (χ3v) is 5.61. The van der Waals surface area contributed by atoms with E-state index in [2.05, 4.69) is 25.4 Å². The largest absolute Gasteiger partial charge is 0.494 e. The van der Waals surface area contributed by atoms with Crippen LogP contribution in [0.2, 0.25) is 0 Å². The number of tetrazole rings is 1. The van der Waals surface area contributed by atoms with E-state index in [0.29, 0.717) is 37.5 Å². The fourth-order valence-corrected chi connectivity index (χ4v) is 4.16. The summed E-state index contributed by atoms with van der Waals surface area (Å²) in [6.07, 6.45) is 0.503. The van der Waals surface area contributed by atoms with Gasteiger partial charge in [0, 0.05) is 36.2 Å². The lowest BCUT2D eigenvalue weighted by Gasteiger charge is -2.33. The smallest absolute Gasteiger partial charge is 0.327 e. The molecule has 3 aromatic rings. The number of carbonyl (C=O) groups excluding carboxylic acids is 1. The molecule has 0 saturated carbocycles. The maximum absolute atomic E-state index is 12.9. The van der Waals surface area contributed by atoms with Crippen molar-refractivity contribution in [2.75, 3.05) is 26.4 Å². The third-order valence-electron chi connectivity index (χ3n) is 5.61. The first-order valence-corrected chi connectivity index (χ1v) is 11.9. The molecule has 0 aliphatic carbocycles. The molecule has 0 aliphatic heterocycles. The van der Waals surface area contributed by atoms with Crippen molar-refractivity contribution in [2.45, 2.75) is 53.2 Å². The van der Waals surface area contributed by atoms with Crippen molar-refractivity contribution < 1.29 is 19.4 Å². The molecule has 35 heavy (non-hydrogen) atoms. The van der Waals surface area contributed by atoms with Crippen molar-refractivity contribution in [1.82, 2.24) is 30.1 Å². The van der Waals surface area contributed by atoms with Gasteiger partial charge in [0.2, 0.25) is 0 Å². The number of aliphatic hydroxyl groups excluding tert-OH is 1. The summed E-state index contributed by atoms with van der Waals surface area (Å²) in [6.45, 7) is 9.23. The Balaban J connectivity index is 1.97. The number of aromatic nitrogens is 5. The first-order valence-electron chi connectivity index (χ1n) is 11.9. The Morgan fingerprint density at radius 2 is 2.03 bits per heavy atom. The van der Waals surface area contributed by atoms with Gasteiger partial charge in [0.05, 0.1) is 19.3 Å². The van der Waals surface area contributed by atoms with E-state index >= 15 is 0 Å². The van der Waals surface area contributed by atoms with Gasteiger partial charge in [-0.2, -0.15) is 0 Å². The highest BCUT2D eigenvalue weighted by atomic mass is 16.5. The van der Waals surface area contributed by atoms with E-state index in [9.17, 15) is 14.7 Å². The minimum Gasteiger partial charge on any atom is -0.494 e. The molecule has 0 unspecified atom stereocenters. The van der Waals surface area contributed by atoms with Crippen LogP contribution in [0.25, 0.3) is 10.9 Å². The first-order chi connectivity index (χ1) is 16.9. The summed E-state index contributed by atoms with van der Waals surface area (Å²) in [7, 11) is 0. The number of nitrogens with one attached hydrogen (secondary N) is 1. The van der Waals surface area contributed by atoms with E-state index < -0.39 is 5.97 Å². The molecule has 0 radical (unpaired) electrons. The topological polar surface area (TPSA) is 135 Å². The number of hydrogen-bond acceptors (Lipinski definition) is 9. The van der Waals surface area contributed by atoms with Gasteiger partial charge in [-0.25, -0.2) is 4.68 Å². The van der Waals surface area contributed by atoms with Gasteiger partial charge < -0.3 is 19.6 Å². The quantitative estimate of drug-likeness (QED) is 0.348. The number of aliphatic hydroxyl groups is 1. The Kier molecular flexibility index (Phi) is 9.32. The number of H-pyrrole nitrogens is 1. The summed E-state index contributed by atoms with van der Waals surface area (Å²) >= 11 is 0. The standard InChI is InChI=1S/C24H34N6O5/c1-5-34-19-8-9-20-17(13-19)12-18(24(33)25-20)14-29(10-7-11-31)22(16(3)4)23-26-27-28-30(23)15-21(32)35-6-2/h8-9,12-13,16,22,31H,5-7,10-11,14-15H2,1-4H3,(H,25,33)/t22-/m1/s1. The highest BCUT2D eigenvalue weighted by Gasteiger charge is 2.30. The van der Waals surface area contributed by atoms with Crippen molar-refractivity contribution >= 4 is 16.9 Å². The Labute approximate surface area is 204 Å². The molecule has 0 saturated heterocycles. The average molecular weight is 487 g/mol. The summed E-state index contributed by atoms with van der Waals surface area (Å²) in [6, 6.07) is 7.11. The lowest BCUT2D eigenvalue weighted by atomic mass is 10.00. The molecule has 11 nitrogen and oxygen atoms in total. The number of benzene rings is 1. The van der Waals surface area contributed by atoms with E-state index in [1.165, 1.54) is 4.68 Å². The second kappa shape index (κ2) is 12.4. The van der Waals surface area contributed by atoms with E-state index in [0.717, 1.165) is 16.7 Å². The van der Waals surface area contributed by atoms with Crippen LogP contribution in [-0.2, 0) is 22.6 Å². The van der Waals surface area contributed by atoms with Gasteiger partial charge in [-0.3, -0.25) is 14.5 Å². The predicted octanol–water partition coefficient (Wildman–Crippen LogP) is 2.06. The Morgan fingerprint density at radius 1 is 1.23 bits per heavy atom. The van der Waals surface area contributed by atoms with Gasteiger partial charge in [-0.1, -0.05) is 13.8 Å². The van der Waals surface area contributed by atoms with Gasteiger partial charge in [-0.05, 0) is 60.9 Å². The maximum atomic E-state index is 12.9. The van der Waals surface area contributed by atoms with Gasteiger partial charge in [0.15, 0.2) is 5.82 Å². The predicted molar refractivity (Wildman–Crippen MR) is 130 cm³/mol.